The quantitative estimate of drug-likeness (QED) is 0.422. The van der Waals surface area contributed by atoms with Crippen molar-refractivity contribution in [3.05, 3.63) is 0 Å². The smallest absolute Gasteiger partial charge is 0.355 e. The number of unbranched alkanes of at least 4 members (excludes halogenated alkanes) is 1. The summed E-state index contributed by atoms with van der Waals surface area (Å²) in [6.07, 6.45) is 1.43. The van der Waals surface area contributed by atoms with Crippen molar-refractivity contribution in [3.8, 4) is 0 Å². The van der Waals surface area contributed by atoms with Crippen LogP contribution in [-0.2, 0) is 28.8 Å². The van der Waals surface area contributed by atoms with Gasteiger partial charge < -0.3 is 15.5 Å². The molecule has 1 saturated heterocycles. The van der Waals surface area contributed by atoms with Crippen LogP contribution in [0.5, 0.6) is 0 Å². The van der Waals surface area contributed by atoms with E-state index >= 15 is 0 Å². The highest BCUT2D eigenvalue weighted by atomic mass is 16.7. The number of hydroxylamine groups is 2. The van der Waals surface area contributed by atoms with E-state index in [0.29, 0.717) is 24.4 Å². The molecule has 27 heavy (non-hydrogen) atoms. The van der Waals surface area contributed by atoms with Crippen molar-refractivity contribution < 1.29 is 28.8 Å². The number of nitrogens with one attached hydrogen (secondary N) is 2. The first-order valence-corrected chi connectivity index (χ1v) is 9.29. The molecule has 1 unspecified atom stereocenters. The largest absolute Gasteiger partial charge is 0.356 e. The number of nitrogens with zero attached hydrogens (tertiary/aromatic N) is 1. The predicted octanol–water partition coefficient (Wildman–Crippen LogP) is 0.677. The van der Waals surface area contributed by atoms with E-state index in [9.17, 15) is 24.0 Å². The molecule has 1 atom stereocenters. The molecule has 1 rings (SSSR count). The molecule has 0 aromatic heterocycles. The fourth-order valence-electron chi connectivity index (χ4n) is 2.29. The average Bonchev–Trinajstić information content (AvgIpc) is 2.91. The van der Waals surface area contributed by atoms with Gasteiger partial charge in [-0.25, -0.2) is 4.79 Å². The second kappa shape index (κ2) is 10.6. The van der Waals surface area contributed by atoms with Gasteiger partial charge in [-0.05, 0) is 19.3 Å². The number of imide groups is 1. The van der Waals surface area contributed by atoms with Gasteiger partial charge in [-0.2, -0.15) is 0 Å². The standard InChI is InChI=1S/C18H29N3O6/c1-11(2)16(24)19-10-6-5-7-13(20-17(25)12(3)4)18(26)27-21-14(22)8-9-15(21)23/h11-13H,5-10H2,1-4H3,(H,19,24)(H,20,25). The van der Waals surface area contributed by atoms with Crippen LogP contribution in [0.15, 0.2) is 0 Å². The first-order chi connectivity index (χ1) is 12.6. The molecule has 1 heterocycles. The van der Waals surface area contributed by atoms with Gasteiger partial charge in [-0.3, -0.25) is 19.2 Å². The zero-order valence-corrected chi connectivity index (χ0v) is 16.4. The zero-order chi connectivity index (χ0) is 20.6. The summed E-state index contributed by atoms with van der Waals surface area (Å²) in [5.41, 5.74) is 0. The molecule has 0 saturated carbocycles. The first kappa shape index (κ1) is 22.6. The van der Waals surface area contributed by atoms with Crippen LogP contribution in [0.25, 0.3) is 0 Å². The Labute approximate surface area is 159 Å². The Hall–Kier alpha value is -2.45. The van der Waals surface area contributed by atoms with Crippen LogP contribution < -0.4 is 10.6 Å². The fourth-order valence-corrected chi connectivity index (χ4v) is 2.29. The molecule has 4 amide bonds. The molecule has 1 fully saturated rings. The zero-order valence-electron chi connectivity index (χ0n) is 16.4. The Morgan fingerprint density at radius 2 is 1.52 bits per heavy atom. The predicted molar refractivity (Wildman–Crippen MR) is 95.6 cm³/mol. The second-order valence-corrected chi connectivity index (χ2v) is 7.15. The van der Waals surface area contributed by atoms with Gasteiger partial charge in [0.1, 0.15) is 6.04 Å². The van der Waals surface area contributed by atoms with Gasteiger partial charge in [0.15, 0.2) is 0 Å². The highest BCUT2D eigenvalue weighted by Crippen LogP contribution is 2.14. The third-order valence-electron chi connectivity index (χ3n) is 4.06. The number of hydrogen-bond acceptors (Lipinski definition) is 6. The first-order valence-electron chi connectivity index (χ1n) is 9.29. The molecule has 0 radical (unpaired) electrons. The van der Waals surface area contributed by atoms with Crippen LogP contribution in [0.1, 0.15) is 59.8 Å². The topological polar surface area (TPSA) is 122 Å². The molecule has 0 spiro atoms. The third kappa shape index (κ3) is 7.36. The van der Waals surface area contributed by atoms with Gasteiger partial charge in [-0.1, -0.05) is 27.7 Å². The summed E-state index contributed by atoms with van der Waals surface area (Å²) in [7, 11) is 0. The Bertz CT molecular complexity index is 572. The van der Waals surface area contributed by atoms with Crippen molar-refractivity contribution in [2.75, 3.05) is 6.54 Å². The lowest BCUT2D eigenvalue weighted by Crippen LogP contribution is -2.46. The third-order valence-corrected chi connectivity index (χ3v) is 4.06. The number of rotatable bonds is 10. The van der Waals surface area contributed by atoms with E-state index in [1.807, 2.05) is 0 Å². The summed E-state index contributed by atoms with van der Waals surface area (Å²) in [4.78, 5) is 63.9. The summed E-state index contributed by atoms with van der Waals surface area (Å²) < 4.78 is 0. The van der Waals surface area contributed by atoms with Gasteiger partial charge in [-0.15, -0.1) is 5.06 Å². The maximum atomic E-state index is 12.4. The molecule has 0 aromatic rings. The van der Waals surface area contributed by atoms with Crippen molar-refractivity contribution in [3.63, 3.8) is 0 Å². The Morgan fingerprint density at radius 3 is 2.04 bits per heavy atom. The second-order valence-electron chi connectivity index (χ2n) is 7.15. The van der Waals surface area contributed by atoms with Crippen LogP contribution in [0.3, 0.4) is 0 Å². The van der Waals surface area contributed by atoms with Crippen molar-refractivity contribution >= 4 is 29.6 Å². The minimum Gasteiger partial charge on any atom is -0.356 e. The van der Waals surface area contributed by atoms with Crippen molar-refractivity contribution in [2.45, 2.75) is 65.8 Å². The van der Waals surface area contributed by atoms with Crippen LogP contribution in [-0.4, -0.2) is 47.2 Å². The molecule has 2 N–H and O–H groups in total. The Morgan fingerprint density at radius 1 is 0.963 bits per heavy atom. The van der Waals surface area contributed by atoms with Crippen molar-refractivity contribution in [1.29, 1.82) is 0 Å². The maximum absolute atomic E-state index is 12.4. The SMILES string of the molecule is CC(C)C(=O)NCCCCC(NC(=O)C(C)C)C(=O)ON1C(=O)CCC1=O. The highest BCUT2D eigenvalue weighted by Gasteiger charge is 2.35. The van der Waals surface area contributed by atoms with Gasteiger partial charge >= 0.3 is 5.97 Å². The molecule has 1 aliphatic heterocycles. The molecule has 0 aliphatic carbocycles. The molecule has 9 nitrogen and oxygen atoms in total. The van der Waals surface area contributed by atoms with Gasteiger partial charge in [0, 0.05) is 31.2 Å². The average molecular weight is 383 g/mol. The van der Waals surface area contributed by atoms with E-state index in [1.54, 1.807) is 27.7 Å². The van der Waals surface area contributed by atoms with Gasteiger partial charge in [0.25, 0.3) is 11.8 Å². The summed E-state index contributed by atoms with van der Waals surface area (Å²) in [5.74, 6) is -2.81. The van der Waals surface area contributed by atoms with E-state index in [1.165, 1.54) is 0 Å². The molecule has 1 aliphatic rings. The maximum Gasteiger partial charge on any atom is 0.355 e. The monoisotopic (exact) mass is 383 g/mol. The van der Waals surface area contributed by atoms with Crippen LogP contribution in [0, 0.1) is 11.8 Å². The molecular formula is C18H29N3O6. The minimum absolute atomic E-state index is 0.00465. The normalized spacial score (nSPS) is 15.3. The summed E-state index contributed by atoms with van der Waals surface area (Å²) >= 11 is 0. The molecule has 0 bridgehead atoms. The lowest BCUT2D eigenvalue weighted by Gasteiger charge is -2.21. The van der Waals surface area contributed by atoms with Crippen LogP contribution in [0.4, 0.5) is 0 Å². The van der Waals surface area contributed by atoms with Gasteiger partial charge in [0.05, 0.1) is 0 Å². The number of carbonyl (C=O) groups excluding carboxylic acids is 5. The minimum atomic E-state index is -0.970. The molecule has 152 valence electrons. The number of hydrogen-bond donors (Lipinski definition) is 2. The summed E-state index contributed by atoms with van der Waals surface area (Å²) in [6.45, 7) is 7.42. The van der Waals surface area contributed by atoms with E-state index in [2.05, 4.69) is 10.6 Å². The van der Waals surface area contributed by atoms with Crippen LogP contribution in [0.2, 0.25) is 0 Å². The van der Waals surface area contributed by atoms with Gasteiger partial charge in [0.2, 0.25) is 11.8 Å². The fraction of sp³-hybridized carbons (Fsp3) is 0.722. The van der Waals surface area contributed by atoms with E-state index < -0.39 is 23.8 Å². The Kier molecular flexibility index (Phi) is 8.90. The molecule has 9 heteroatoms. The highest BCUT2D eigenvalue weighted by molar-refractivity contribution is 6.02. The lowest BCUT2D eigenvalue weighted by molar-refractivity contribution is -0.199. The molecular weight excluding hydrogens is 354 g/mol. The summed E-state index contributed by atoms with van der Waals surface area (Å²) in [6, 6.07) is -0.970. The number of amides is 4. The number of carbonyl (C=O) groups is 5. The van der Waals surface area contributed by atoms with E-state index in [-0.39, 0.29) is 42.9 Å². The molecule has 0 aromatic carbocycles. The van der Waals surface area contributed by atoms with E-state index in [0.717, 1.165) is 0 Å². The Balaban J connectivity index is 2.57. The van der Waals surface area contributed by atoms with Crippen molar-refractivity contribution in [2.24, 2.45) is 11.8 Å². The van der Waals surface area contributed by atoms with Crippen LogP contribution >= 0.6 is 0 Å². The summed E-state index contributed by atoms with van der Waals surface area (Å²) in [5, 5.41) is 5.83. The lowest BCUT2D eigenvalue weighted by atomic mass is 10.1. The van der Waals surface area contributed by atoms with Crippen molar-refractivity contribution in [1.82, 2.24) is 15.7 Å². The van der Waals surface area contributed by atoms with E-state index in [4.69, 9.17) is 4.84 Å².